The number of pyridine rings is 1. The molecule has 2 heterocycles. The highest BCUT2D eigenvalue weighted by Gasteiger charge is 2.15. The average molecular weight is 278 g/mol. The van der Waals surface area contributed by atoms with Crippen LogP contribution >= 0.6 is 11.3 Å². The fourth-order valence-electron chi connectivity index (χ4n) is 1.49. The van der Waals surface area contributed by atoms with Crippen molar-refractivity contribution in [1.29, 1.82) is 0 Å². The smallest absolute Gasteiger partial charge is 0.342 e. The Labute approximate surface area is 115 Å². The van der Waals surface area contributed by atoms with Gasteiger partial charge in [0.1, 0.15) is 18.0 Å². The molecule has 0 aliphatic heterocycles. The van der Waals surface area contributed by atoms with E-state index < -0.39 is 5.97 Å². The quantitative estimate of drug-likeness (QED) is 0.850. The fraction of sp³-hybridized carbons (Fsp3) is 0.231. The highest BCUT2D eigenvalue weighted by molar-refractivity contribution is 7.09. The first-order valence-electron chi connectivity index (χ1n) is 5.78. The number of ether oxygens (including phenoxy) is 2. The third-order valence-electron chi connectivity index (χ3n) is 2.33. The molecule has 0 amide bonds. The Morgan fingerprint density at radius 2 is 2.37 bits per heavy atom. The second-order valence-corrected chi connectivity index (χ2v) is 4.73. The van der Waals surface area contributed by atoms with E-state index in [1.807, 2.05) is 17.5 Å². The summed E-state index contributed by atoms with van der Waals surface area (Å²) >= 11 is 1.58. The zero-order chi connectivity index (χ0) is 13.7. The van der Waals surface area contributed by atoms with Crippen molar-refractivity contribution in [3.63, 3.8) is 0 Å². The Bertz CT molecular complexity index is 555. The minimum atomic E-state index is -0.460. The number of aromatic nitrogens is 1. The number of rotatable bonds is 5. The minimum absolute atomic E-state index is 0.256. The molecule has 0 spiro atoms. The number of nitrogen functional groups attached to an aromatic ring is 1. The van der Waals surface area contributed by atoms with Gasteiger partial charge in [0.2, 0.25) is 0 Å². The van der Waals surface area contributed by atoms with Gasteiger partial charge < -0.3 is 15.2 Å². The maximum atomic E-state index is 11.8. The van der Waals surface area contributed by atoms with Gasteiger partial charge in [-0.15, -0.1) is 11.3 Å². The molecule has 2 aromatic heterocycles. The van der Waals surface area contributed by atoms with Gasteiger partial charge in [0.25, 0.3) is 0 Å². The Hall–Kier alpha value is -2.08. The monoisotopic (exact) mass is 278 g/mol. The van der Waals surface area contributed by atoms with Crippen molar-refractivity contribution >= 4 is 23.1 Å². The van der Waals surface area contributed by atoms with Crippen LogP contribution in [0.25, 0.3) is 0 Å². The number of carbonyl (C=O) groups is 1. The molecule has 0 aromatic carbocycles. The van der Waals surface area contributed by atoms with E-state index in [1.165, 1.54) is 12.3 Å². The van der Waals surface area contributed by atoms with Gasteiger partial charge in [-0.3, -0.25) is 0 Å². The lowest BCUT2D eigenvalue weighted by Crippen LogP contribution is -2.09. The molecule has 2 N–H and O–H groups in total. The molecule has 0 aliphatic rings. The Kier molecular flexibility index (Phi) is 4.35. The van der Waals surface area contributed by atoms with Crippen LogP contribution in [0.1, 0.15) is 22.2 Å². The van der Waals surface area contributed by atoms with Crippen molar-refractivity contribution in [2.75, 3.05) is 12.3 Å². The van der Waals surface area contributed by atoms with E-state index in [4.69, 9.17) is 15.2 Å². The van der Waals surface area contributed by atoms with E-state index in [9.17, 15) is 4.79 Å². The van der Waals surface area contributed by atoms with Gasteiger partial charge >= 0.3 is 5.97 Å². The standard InChI is InChI=1S/C13H14N2O3S/c1-2-17-13(16)10-6-12(14)15-7-11(10)18-8-9-4-3-5-19-9/h3-7H,2,8H2,1H3,(H2,14,15). The second-order valence-electron chi connectivity index (χ2n) is 3.69. The molecule has 0 saturated heterocycles. The topological polar surface area (TPSA) is 74.4 Å². The third-order valence-corrected chi connectivity index (χ3v) is 3.18. The van der Waals surface area contributed by atoms with Crippen LogP contribution in [0.15, 0.2) is 29.8 Å². The van der Waals surface area contributed by atoms with Gasteiger partial charge in [-0.25, -0.2) is 9.78 Å². The molecule has 100 valence electrons. The van der Waals surface area contributed by atoms with Crippen LogP contribution in [0.2, 0.25) is 0 Å². The van der Waals surface area contributed by atoms with Crippen molar-refractivity contribution < 1.29 is 14.3 Å². The van der Waals surface area contributed by atoms with E-state index in [1.54, 1.807) is 18.3 Å². The number of nitrogens with two attached hydrogens (primary N) is 1. The molecule has 0 radical (unpaired) electrons. The van der Waals surface area contributed by atoms with Crippen molar-refractivity contribution in [3.8, 4) is 5.75 Å². The summed E-state index contributed by atoms with van der Waals surface area (Å²) in [5.41, 5.74) is 5.88. The molecule has 0 bridgehead atoms. The molecule has 0 atom stereocenters. The van der Waals surface area contributed by atoms with Crippen LogP contribution in [0.4, 0.5) is 5.82 Å². The molecule has 2 aromatic rings. The van der Waals surface area contributed by atoms with Crippen molar-refractivity contribution in [3.05, 3.63) is 40.2 Å². The Morgan fingerprint density at radius 3 is 3.05 bits per heavy atom. The maximum Gasteiger partial charge on any atom is 0.342 e. The van der Waals surface area contributed by atoms with E-state index in [0.29, 0.717) is 24.5 Å². The normalized spacial score (nSPS) is 10.2. The second kappa shape index (κ2) is 6.19. The number of thiophene rings is 1. The van der Waals surface area contributed by atoms with E-state index in [2.05, 4.69) is 4.98 Å². The molecule has 0 saturated carbocycles. The minimum Gasteiger partial charge on any atom is -0.486 e. The van der Waals surface area contributed by atoms with Gasteiger partial charge in [0.15, 0.2) is 5.75 Å². The largest absolute Gasteiger partial charge is 0.486 e. The number of nitrogens with zero attached hydrogens (tertiary/aromatic N) is 1. The summed E-state index contributed by atoms with van der Waals surface area (Å²) in [6.07, 6.45) is 1.44. The Morgan fingerprint density at radius 1 is 1.53 bits per heavy atom. The summed E-state index contributed by atoms with van der Waals surface area (Å²) < 4.78 is 10.6. The van der Waals surface area contributed by atoms with Crippen LogP contribution in [0, 0.1) is 0 Å². The molecule has 0 aliphatic carbocycles. The first-order chi connectivity index (χ1) is 9.20. The zero-order valence-electron chi connectivity index (χ0n) is 10.5. The van der Waals surface area contributed by atoms with Gasteiger partial charge in [0.05, 0.1) is 12.8 Å². The van der Waals surface area contributed by atoms with Gasteiger partial charge in [0, 0.05) is 4.88 Å². The van der Waals surface area contributed by atoms with Crippen LogP contribution in [-0.4, -0.2) is 17.6 Å². The molecular weight excluding hydrogens is 264 g/mol. The van der Waals surface area contributed by atoms with Gasteiger partial charge in [-0.05, 0) is 24.4 Å². The van der Waals surface area contributed by atoms with Crippen molar-refractivity contribution in [1.82, 2.24) is 4.98 Å². The maximum absolute atomic E-state index is 11.8. The summed E-state index contributed by atoms with van der Waals surface area (Å²) in [7, 11) is 0. The molecule has 2 rings (SSSR count). The molecule has 0 unspecified atom stereocenters. The lowest BCUT2D eigenvalue weighted by atomic mass is 10.2. The molecule has 0 fully saturated rings. The van der Waals surface area contributed by atoms with Crippen LogP contribution in [0.5, 0.6) is 5.75 Å². The number of carbonyl (C=O) groups excluding carboxylic acids is 1. The van der Waals surface area contributed by atoms with Crippen molar-refractivity contribution in [2.24, 2.45) is 0 Å². The van der Waals surface area contributed by atoms with Gasteiger partial charge in [-0.2, -0.15) is 0 Å². The molecule has 5 nitrogen and oxygen atoms in total. The highest BCUT2D eigenvalue weighted by atomic mass is 32.1. The summed E-state index contributed by atoms with van der Waals surface area (Å²) in [6.45, 7) is 2.43. The fourth-order valence-corrected chi connectivity index (χ4v) is 2.10. The number of hydrogen-bond donors (Lipinski definition) is 1. The number of anilines is 1. The molecule has 19 heavy (non-hydrogen) atoms. The lowest BCUT2D eigenvalue weighted by molar-refractivity contribution is 0.0521. The highest BCUT2D eigenvalue weighted by Crippen LogP contribution is 2.22. The third kappa shape index (κ3) is 3.45. The summed E-state index contributed by atoms with van der Waals surface area (Å²) in [5.74, 6) is 0.172. The SMILES string of the molecule is CCOC(=O)c1cc(N)ncc1OCc1cccs1. The predicted molar refractivity (Wildman–Crippen MR) is 73.3 cm³/mol. The lowest BCUT2D eigenvalue weighted by Gasteiger charge is -2.10. The predicted octanol–water partition coefficient (Wildman–Crippen LogP) is 2.48. The summed E-state index contributed by atoms with van der Waals surface area (Å²) in [4.78, 5) is 16.8. The van der Waals surface area contributed by atoms with E-state index in [-0.39, 0.29) is 5.82 Å². The number of esters is 1. The van der Waals surface area contributed by atoms with Crippen molar-refractivity contribution in [2.45, 2.75) is 13.5 Å². The first-order valence-corrected chi connectivity index (χ1v) is 6.66. The number of hydrogen-bond acceptors (Lipinski definition) is 6. The first kappa shape index (κ1) is 13.4. The summed E-state index contributed by atoms with van der Waals surface area (Å²) in [5, 5.41) is 1.96. The van der Waals surface area contributed by atoms with E-state index in [0.717, 1.165) is 4.88 Å². The molecular formula is C13H14N2O3S. The van der Waals surface area contributed by atoms with Gasteiger partial charge in [-0.1, -0.05) is 6.07 Å². The molecule has 6 heteroatoms. The van der Waals surface area contributed by atoms with E-state index >= 15 is 0 Å². The van der Waals surface area contributed by atoms with Crippen LogP contribution < -0.4 is 10.5 Å². The Balaban J connectivity index is 2.16. The van der Waals surface area contributed by atoms with Crippen LogP contribution in [0.3, 0.4) is 0 Å². The average Bonchev–Trinajstić information content (AvgIpc) is 2.90. The van der Waals surface area contributed by atoms with Crippen LogP contribution in [-0.2, 0) is 11.3 Å². The zero-order valence-corrected chi connectivity index (χ0v) is 11.3. The summed E-state index contributed by atoms with van der Waals surface area (Å²) in [6, 6.07) is 5.36.